The molecule has 0 spiro atoms. The van der Waals surface area contributed by atoms with Gasteiger partial charge >= 0.3 is 11.9 Å². The van der Waals surface area contributed by atoms with Crippen molar-refractivity contribution in [2.45, 2.75) is 70.3 Å². The van der Waals surface area contributed by atoms with Crippen LogP contribution in [0.2, 0.25) is 0 Å². The number of hydrogen-bond acceptors (Lipinski definition) is 8. The van der Waals surface area contributed by atoms with Crippen molar-refractivity contribution < 1.29 is 44.4 Å². The first-order chi connectivity index (χ1) is 14.3. The van der Waals surface area contributed by atoms with Gasteiger partial charge in [-0.05, 0) is 25.7 Å². The highest BCUT2D eigenvalue weighted by molar-refractivity contribution is 5.94. The molecular weight excluding hydrogens is 416 g/mol. The van der Waals surface area contributed by atoms with Crippen LogP contribution in [0, 0.1) is 5.92 Å². The number of aliphatic carboxylic acids is 2. The van der Waals surface area contributed by atoms with Gasteiger partial charge in [0.15, 0.2) is 0 Å². The molecule has 0 aliphatic rings. The highest BCUT2D eigenvalue weighted by Gasteiger charge is 2.31. The first-order valence-corrected chi connectivity index (χ1v) is 9.70. The average Bonchev–Trinajstić information content (AvgIpc) is 2.66. The van der Waals surface area contributed by atoms with E-state index in [2.05, 4.69) is 16.0 Å². The summed E-state index contributed by atoms with van der Waals surface area (Å²) in [7, 11) is 0. The fraction of sp³-hybridized carbons (Fsp3) is 0.722. The molecule has 13 nitrogen and oxygen atoms in total. The van der Waals surface area contributed by atoms with Gasteiger partial charge in [0.05, 0.1) is 12.7 Å². The summed E-state index contributed by atoms with van der Waals surface area (Å²) in [5.41, 5.74) is 5.52. The molecule has 0 heterocycles. The summed E-state index contributed by atoms with van der Waals surface area (Å²) in [6.07, 6.45) is -1.92. The monoisotopic (exact) mass is 448 g/mol. The molecule has 0 aromatic carbocycles. The van der Waals surface area contributed by atoms with E-state index in [1.165, 1.54) is 6.92 Å². The van der Waals surface area contributed by atoms with Gasteiger partial charge in [-0.1, -0.05) is 13.8 Å². The normalized spacial score (nSPS) is 15.8. The SMILES string of the molecule is CC(C)CC(NC(=O)C(CCC(=O)O)NC(=O)C(N)C(C)O)C(=O)NC(CO)C(=O)O. The predicted octanol–water partition coefficient (Wildman–Crippen LogP) is -2.86. The molecule has 0 saturated heterocycles. The zero-order chi connectivity index (χ0) is 24.3. The van der Waals surface area contributed by atoms with Crippen LogP contribution in [0.3, 0.4) is 0 Å². The van der Waals surface area contributed by atoms with Crippen molar-refractivity contribution in [1.82, 2.24) is 16.0 Å². The lowest BCUT2D eigenvalue weighted by Crippen LogP contribution is -2.58. The van der Waals surface area contributed by atoms with E-state index >= 15 is 0 Å². The molecule has 0 aromatic rings. The average molecular weight is 448 g/mol. The minimum atomic E-state index is -1.58. The van der Waals surface area contributed by atoms with E-state index in [1.54, 1.807) is 13.8 Å². The first-order valence-electron chi connectivity index (χ1n) is 9.70. The van der Waals surface area contributed by atoms with Crippen molar-refractivity contribution in [2.75, 3.05) is 6.61 Å². The minimum Gasteiger partial charge on any atom is -0.481 e. The highest BCUT2D eigenvalue weighted by Crippen LogP contribution is 2.08. The summed E-state index contributed by atoms with van der Waals surface area (Å²) in [5.74, 6) is -5.45. The number of nitrogens with two attached hydrogens (primary N) is 1. The molecule has 31 heavy (non-hydrogen) atoms. The molecule has 0 radical (unpaired) electrons. The maximum absolute atomic E-state index is 12.7. The number of carboxylic acid groups (broad SMARTS) is 2. The van der Waals surface area contributed by atoms with E-state index in [0.717, 1.165) is 0 Å². The van der Waals surface area contributed by atoms with Gasteiger partial charge in [0.25, 0.3) is 0 Å². The number of aliphatic hydroxyl groups is 2. The fourth-order valence-corrected chi connectivity index (χ4v) is 2.46. The Labute approximate surface area is 179 Å². The minimum absolute atomic E-state index is 0.0993. The summed E-state index contributed by atoms with van der Waals surface area (Å²) in [5, 5.41) is 43.1. The van der Waals surface area contributed by atoms with Crippen LogP contribution in [-0.2, 0) is 24.0 Å². The first kappa shape index (κ1) is 28.2. The van der Waals surface area contributed by atoms with Crippen molar-refractivity contribution in [2.24, 2.45) is 11.7 Å². The summed E-state index contributed by atoms with van der Waals surface area (Å²) in [6.45, 7) is 3.90. The van der Waals surface area contributed by atoms with E-state index in [1.807, 2.05) is 0 Å². The van der Waals surface area contributed by atoms with Gasteiger partial charge in [-0.3, -0.25) is 19.2 Å². The standard InChI is InChI=1S/C18H32N4O9/c1-8(2)6-11(16(28)22-12(7-23)18(30)31)21-15(27)10(4-5-13(25)26)20-17(29)14(19)9(3)24/h8-12,14,23-24H,4-7,19H2,1-3H3,(H,20,29)(H,21,27)(H,22,28)(H,25,26)(H,30,31). The lowest BCUT2D eigenvalue weighted by molar-refractivity contribution is -0.143. The number of amides is 3. The Morgan fingerprint density at radius 1 is 0.839 bits per heavy atom. The van der Waals surface area contributed by atoms with Gasteiger partial charge in [-0.25, -0.2) is 4.79 Å². The lowest BCUT2D eigenvalue weighted by Gasteiger charge is -2.26. The van der Waals surface area contributed by atoms with E-state index in [4.69, 9.17) is 21.1 Å². The van der Waals surface area contributed by atoms with Crippen LogP contribution in [0.25, 0.3) is 0 Å². The van der Waals surface area contributed by atoms with Crippen LogP contribution >= 0.6 is 0 Å². The van der Waals surface area contributed by atoms with Crippen molar-refractivity contribution in [1.29, 1.82) is 0 Å². The zero-order valence-corrected chi connectivity index (χ0v) is 17.7. The Balaban J connectivity index is 5.48. The lowest BCUT2D eigenvalue weighted by atomic mass is 10.0. The molecule has 0 aliphatic heterocycles. The maximum atomic E-state index is 12.7. The molecule has 5 atom stereocenters. The van der Waals surface area contributed by atoms with Crippen LogP contribution in [-0.4, -0.2) is 87.0 Å². The molecule has 9 N–H and O–H groups in total. The zero-order valence-electron chi connectivity index (χ0n) is 17.7. The predicted molar refractivity (Wildman–Crippen MR) is 106 cm³/mol. The molecular formula is C18H32N4O9. The third-order valence-electron chi connectivity index (χ3n) is 4.24. The van der Waals surface area contributed by atoms with Gasteiger partial charge in [0.2, 0.25) is 17.7 Å². The summed E-state index contributed by atoms with van der Waals surface area (Å²) in [6, 6.07) is -5.53. The summed E-state index contributed by atoms with van der Waals surface area (Å²) in [4.78, 5) is 59.2. The van der Waals surface area contributed by atoms with E-state index < -0.39 is 73.0 Å². The molecule has 178 valence electrons. The van der Waals surface area contributed by atoms with E-state index in [0.29, 0.717) is 0 Å². The van der Waals surface area contributed by atoms with Crippen LogP contribution < -0.4 is 21.7 Å². The quantitative estimate of drug-likeness (QED) is 0.135. The second-order valence-electron chi connectivity index (χ2n) is 7.53. The Hall–Kier alpha value is -2.77. The summed E-state index contributed by atoms with van der Waals surface area (Å²) < 4.78 is 0. The molecule has 13 heteroatoms. The number of rotatable bonds is 14. The van der Waals surface area contributed by atoms with Crippen molar-refractivity contribution in [3.63, 3.8) is 0 Å². The summed E-state index contributed by atoms with van der Waals surface area (Å²) >= 11 is 0. The number of carboxylic acids is 2. The van der Waals surface area contributed by atoms with Crippen LogP contribution in [0.4, 0.5) is 0 Å². The Morgan fingerprint density at radius 3 is 1.74 bits per heavy atom. The van der Waals surface area contributed by atoms with Gasteiger partial charge in [-0.15, -0.1) is 0 Å². The van der Waals surface area contributed by atoms with Crippen molar-refractivity contribution in [3.8, 4) is 0 Å². The number of nitrogens with one attached hydrogen (secondary N) is 3. The Bertz CT molecular complexity index is 654. The molecule has 0 bridgehead atoms. The van der Waals surface area contributed by atoms with E-state index in [9.17, 15) is 29.1 Å². The molecule has 0 fully saturated rings. The number of carbonyl (C=O) groups is 5. The smallest absolute Gasteiger partial charge is 0.328 e. The fourth-order valence-electron chi connectivity index (χ4n) is 2.46. The number of hydrogen-bond donors (Lipinski definition) is 8. The van der Waals surface area contributed by atoms with Crippen molar-refractivity contribution >= 4 is 29.7 Å². The largest absolute Gasteiger partial charge is 0.481 e. The Morgan fingerprint density at radius 2 is 1.32 bits per heavy atom. The van der Waals surface area contributed by atoms with Gasteiger partial charge in [-0.2, -0.15) is 0 Å². The van der Waals surface area contributed by atoms with Crippen LogP contribution in [0.1, 0.15) is 40.0 Å². The van der Waals surface area contributed by atoms with Gasteiger partial charge in [0, 0.05) is 6.42 Å². The third-order valence-corrected chi connectivity index (χ3v) is 4.24. The van der Waals surface area contributed by atoms with Crippen molar-refractivity contribution in [3.05, 3.63) is 0 Å². The molecule has 3 amide bonds. The number of carbonyl (C=O) groups excluding carboxylic acids is 3. The molecule has 0 saturated carbocycles. The highest BCUT2D eigenvalue weighted by atomic mass is 16.4. The molecule has 0 rings (SSSR count). The Kier molecular flexibility index (Phi) is 12.3. The van der Waals surface area contributed by atoms with E-state index in [-0.39, 0.29) is 18.8 Å². The second-order valence-corrected chi connectivity index (χ2v) is 7.53. The van der Waals surface area contributed by atoms with Gasteiger partial charge in [0.1, 0.15) is 24.2 Å². The topological polar surface area (TPSA) is 228 Å². The molecule has 5 unspecified atom stereocenters. The van der Waals surface area contributed by atoms with Crippen LogP contribution in [0.5, 0.6) is 0 Å². The molecule has 0 aliphatic carbocycles. The van der Waals surface area contributed by atoms with Gasteiger partial charge < -0.3 is 42.1 Å². The molecule has 0 aromatic heterocycles. The van der Waals surface area contributed by atoms with Crippen LogP contribution in [0.15, 0.2) is 0 Å². The number of aliphatic hydroxyl groups excluding tert-OH is 2. The third kappa shape index (κ3) is 10.7. The second kappa shape index (κ2) is 13.5. The maximum Gasteiger partial charge on any atom is 0.328 e.